The largest absolute Gasteiger partial charge is 0.435 e. The summed E-state index contributed by atoms with van der Waals surface area (Å²) in [7, 11) is 3.54. The molecule has 3 aromatic heterocycles. The Morgan fingerprint density at radius 1 is 1.19 bits per heavy atom. The third-order valence-corrected chi connectivity index (χ3v) is 5.65. The second kappa shape index (κ2) is 6.79. The van der Waals surface area contributed by atoms with Gasteiger partial charge in [0.05, 0.1) is 22.3 Å². The number of benzene rings is 1. The number of anilines is 1. The van der Waals surface area contributed by atoms with Gasteiger partial charge in [0, 0.05) is 26.5 Å². The van der Waals surface area contributed by atoms with Crippen LogP contribution in [0.5, 0.6) is 5.75 Å². The maximum absolute atomic E-state index is 13.1. The van der Waals surface area contributed by atoms with E-state index in [4.69, 9.17) is 4.18 Å². The molecule has 0 saturated carbocycles. The van der Waals surface area contributed by atoms with Crippen molar-refractivity contribution >= 4 is 54.1 Å². The predicted octanol–water partition coefficient (Wildman–Crippen LogP) is 3.69. The zero-order valence-electron chi connectivity index (χ0n) is 15.2. The van der Waals surface area contributed by atoms with E-state index in [0.717, 1.165) is 27.3 Å². The first-order chi connectivity index (χ1) is 13.0. The Kier molecular flexibility index (Phi) is 4.45. The van der Waals surface area contributed by atoms with Crippen LogP contribution in [0.15, 0.2) is 47.7 Å². The summed E-state index contributed by atoms with van der Waals surface area (Å²) in [6.07, 6.45) is 5.23. The Morgan fingerprint density at radius 3 is 2.59 bits per heavy atom. The van der Waals surface area contributed by atoms with Gasteiger partial charge in [0.15, 0.2) is 0 Å². The minimum absolute atomic E-state index is 0.103. The number of fused-ring (bicyclic) bond motifs is 3. The quantitative estimate of drug-likeness (QED) is 0.491. The summed E-state index contributed by atoms with van der Waals surface area (Å²) in [5, 5.41) is 0.918. The Bertz CT molecular complexity index is 1230. The Balaban J connectivity index is 1.88. The molecule has 4 rings (SSSR count). The van der Waals surface area contributed by atoms with Gasteiger partial charge in [-0.1, -0.05) is 0 Å². The summed E-state index contributed by atoms with van der Waals surface area (Å²) in [6, 6.07) is 9.28. The normalized spacial score (nSPS) is 12.4. The van der Waals surface area contributed by atoms with Gasteiger partial charge in [0.1, 0.15) is 21.6 Å². The molecule has 3 heterocycles. The first kappa shape index (κ1) is 17.7. The van der Waals surface area contributed by atoms with E-state index in [1.54, 1.807) is 17.1 Å². The number of hydrogen-bond donors (Lipinski definition) is 0. The summed E-state index contributed by atoms with van der Waals surface area (Å²) in [5.41, 5.74) is 2.33. The fourth-order valence-corrected chi connectivity index (χ4v) is 4.41. The summed E-state index contributed by atoms with van der Waals surface area (Å²) in [4.78, 5) is 24.9. The van der Waals surface area contributed by atoms with E-state index in [0.29, 0.717) is 10.2 Å². The molecule has 0 amide bonds. The molecule has 138 valence electrons. The van der Waals surface area contributed by atoms with Crippen LogP contribution in [0.1, 0.15) is 0 Å². The summed E-state index contributed by atoms with van der Waals surface area (Å²) in [6.45, 7) is 0. The van der Waals surface area contributed by atoms with Crippen molar-refractivity contribution in [3.63, 3.8) is 0 Å². The van der Waals surface area contributed by atoms with E-state index in [1.807, 2.05) is 55.6 Å². The van der Waals surface area contributed by atoms with Crippen molar-refractivity contribution in [3.05, 3.63) is 53.2 Å². The van der Waals surface area contributed by atoms with Gasteiger partial charge in [0.25, 0.3) is 5.56 Å². The lowest BCUT2D eigenvalue weighted by molar-refractivity contribution is 0.647. The van der Waals surface area contributed by atoms with Crippen LogP contribution >= 0.6 is 22.1 Å². The highest BCUT2D eigenvalue weighted by atomic mass is 32.2. The fourth-order valence-electron chi connectivity index (χ4n) is 2.92. The lowest BCUT2D eigenvalue weighted by Crippen LogP contribution is -2.17. The molecule has 0 spiro atoms. The fraction of sp³-hybridized carbons (Fsp3) is 0.158. The highest BCUT2D eigenvalue weighted by Gasteiger charge is 2.16. The standard InChI is InChI=1S/C19H18N4O2S2/c1-22(2)14-9-10-20-18-15(14)16-17(26-18)19(24)23(11-21-16)12-5-7-13(8-6-12)25-27(3)4/h5-11H,3H2,1-2,4H3. The number of thiophene rings is 1. The Morgan fingerprint density at radius 2 is 1.93 bits per heavy atom. The van der Waals surface area contributed by atoms with Crippen LogP contribution in [0.3, 0.4) is 0 Å². The number of pyridine rings is 1. The van der Waals surface area contributed by atoms with Crippen molar-refractivity contribution in [3.8, 4) is 11.4 Å². The van der Waals surface area contributed by atoms with Crippen molar-refractivity contribution in [1.82, 2.24) is 14.5 Å². The zero-order chi connectivity index (χ0) is 19.1. The van der Waals surface area contributed by atoms with E-state index < -0.39 is 10.8 Å². The number of rotatable bonds is 4. The molecule has 0 N–H and O–H groups in total. The molecule has 8 heteroatoms. The molecule has 0 aliphatic heterocycles. The molecule has 27 heavy (non-hydrogen) atoms. The number of nitrogens with zero attached hydrogens (tertiary/aromatic N) is 4. The molecule has 0 radical (unpaired) electrons. The van der Waals surface area contributed by atoms with Crippen LogP contribution in [-0.2, 0) is 0 Å². The van der Waals surface area contributed by atoms with Gasteiger partial charge in [-0.15, -0.1) is 11.3 Å². The molecule has 0 aliphatic carbocycles. The van der Waals surface area contributed by atoms with Crippen molar-refractivity contribution in [1.29, 1.82) is 0 Å². The van der Waals surface area contributed by atoms with Crippen molar-refractivity contribution < 1.29 is 4.18 Å². The second-order valence-electron chi connectivity index (χ2n) is 6.25. The van der Waals surface area contributed by atoms with Gasteiger partial charge < -0.3 is 9.08 Å². The van der Waals surface area contributed by atoms with Gasteiger partial charge >= 0.3 is 0 Å². The van der Waals surface area contributed by atoms with Crippen LogP contribution in [0.2, 0.25) is 0 Å². The van der Waals surface area contributed by atoms with Gasteiger partial charge in [-0.3, -0.25) is 9.36 Å². The van der Waals surface area contributed by atoms with E-state index in [9.17, 15) is 4.79 Å². The minimum Gasteiger partial charge on any atom is -0.435 e. The van der Waals surface area contributed by atoms with Crippen molar-refractivity contribution in [2.24, 2.45) is 0 Å². The molecule has 6 nitrogen and oxygen atoms in total. The minimum atomic E-state index is -0.396. The molecule has 1 unspecified atom stereocenters. The molecule has 1 aromatic carbocycles. The molecule has 0 saturated heterocycles. The SMILES string of the molecule is C=S(C)Oc1ccc(-n2cnc3c(sc4nccc(N(C)C)c43)c2=O)cc1. The summed E-state index contributed by atoms with van der Waals surface area (Å²) in [5.74, 6) is 4.56. The first-order valence-electron chi connectivity index (χ1n) is 8.16. The second-order valence-corrected chi connectivity index (χ2v) is 8.57. The Hall–Kier alpha value is -2.71. The maximum Gasteiger partial charge on any atom is 0.275 e. The van der Waals surface area contributed by atoms with Gasteiger partial charge in [-0.25, -0.2) is 9.97 Å². The number of hydrogen-bond acceptors (Lipinski definition) is 6. The Labute approximate surface area is 162 Å². The van der Waals surface area contributed by atoms with Crippen molar-refractivity contribution in [2.45, 2.75) is 0 Å². The predicted molar refractivity (Wildman–Crippen MR) is 116 cm³/mol. The van der Waals surface area contributed by atoms with E-state index in [2.05, 4.69) is 15.8 Å². The molecule has 4 aromatic rings. The first-order valence-corrected chi connectivity index (χ1v) is 10.7. The van der Waals surface area contributed by atoms with E-state index in [1.165, 1.54) is 11.3 Å². The van der Waals surface area contributed by atoms with E-state index >= 15 is 0 Å². The smallest absolute Gasteiger partial charge is 0.275 e. The van der Waals surface area contributed by atoms with E-state index in [-0.39, 0.29) is 5.56 Å². The average molecular weight is 399 g/mol. The summed E-state index contributed by atoms with van der Waals surface area (Å²) < 4.78 is 7.73. The van der Waals surface area contributed by atoms with Gasteiger partial charge in [0.2, 0.25) is 0 Å². The lowest BCUT2D eigenvalue weighted by atomic mass is 10.2. The van der Waals surface area contributed by atoms with Crippen LogP contribution in [0.25, 0.3) is 26.1 Å². The number of aromatic nitrogens is 3. The van der Waals surface area contributed by atoms with Gasteiger partial charge in [-0.05, 0) is 47.0 Å². The average Bonchev–Trinajstić information content (AvgIpc) is 3.02. The molecule has 0 aliphatic rings. The highest BCUT2D eigenvalue weighted by molar-refractivity contribution is 8.09. The van der Waals surface area contributed by atoms with Crippen LogP contribution in [0, 0.1) is 0 Å². The van der Waals surface area contributed by atoms with Gasteiger partial charge in [-0.2, -0.15) is 0 Å². The molecular formula is C19H18N4O2S2. The molecule has 0 bridgehead atoms. The monoisotopic (exact) mass is 398 g/mol. The third-order valence-electron chi connectivity index (χ3n) is 4.10. The highest BCUT2D eigenvalue weighted by Crippen LogP contribution is 2.35. The molecule has 0 fully saturated rings. The molecule has 1 atom stereocenters. The lowest BCUT2D eigenvalue weighted by Gasteiger charge is -2.13. The van der Waals surface area contributed by atoms with Crippen LogP contribution in [-0.4, -0.2) is 40.8 Å². The van der Waals surface area contributed by atoms with Crippen LogP contribution < -0.4 is 14.6 Å². The van der Waals surface area contributed by atoms with Crippen LogP contribution in [0.4, 0.5) is 5.69 Å². The maximum atomic E-state index is 13.1. The summed E-state index contributed by atoms with van der Waals surface area (Å²) >= 11 is 1.37. The third kappa shape index (κ3) is 3.11. The topological polar surface area (TPSA) is 60.2 Å². The zero-order valence-corrected chi connectivity index (χ0v) is 16.8. The van der Waals surface area contributed by atoms with Crippen molar-refractivity contribution in [2.75, 3.05) is 25.3 Å². The molecular weight excluding hydrogens is 380 g/mol.